The zero-order valence-electron chi connectivity index (χ0n) is 19.8. The first-order valence-electron chi connectivity index (χ1n) is 11.4. The van der Waals surface area contributed by atoms with E-state index >= 15 is 0 Å². The summed E-state index contributed by atoms with van der Waals surface area (Å²) in [6.45, 7) is 7.32. The Morgan fingerprint density at radius 1 is 1.00 bits per heavy atom. The van der Waals surface area contributed by atoms with Crippen molar-refractivity contribution in [2.75, 3.05) is 25.0 Å². The van der Waals surface area contributed by atoms with Crippen LogP contribution >= 0.6 is 0 Å². The number of hydrogen-bond donors (Lipinski definition) is 2. The summed E-state index contributed by atoms with van der Waals surface area (Å²) in [5.74, 6) is 0.141. The molecule has 0 unspecified atom stereocenters. The maximum Gasteiger partial charge on any atom is 0.333 e. The lowest BCUT2D eigenvalue weighted by Crippen LogP contribution is -2.41. The first-order chi connectivity index (χ1) is 17.0. The summed E-state index contributed by atoms with van der Waals surface area (Å²) >= 11 is 0. The van der Waals surface area contributed by atoms with Gasteiger partial charge in [0.2, 0.25) is 0 Å². The SMILES string of the molecule is C=C(CCNc1cc(=O)n(Cc2cccnc2)c(=O)n1Cc1cccnc1)NCCC(=O)OCC. The van der Waals surface area contributed by atoms with Gasteiger partial charge in [-0.15, -0.1) is 0 Å². The van der Waals surface area contributed by atoms with Gasteiger partial charge in [-0.1, -0.05) is 18.7 Å². The maximum absolute atomic E-state index is 13.3. The van der Waals surface area contributed by atoms with Crippen molar-refractivity contribution in [3.05, 3.63) is 99.4 Å². The molecule has 0 atom stereocenters. The molecule has 3 heterocycles. The molecule has 0 spiro atoms. The van der Waals surface area contributed by atoms with Crippen molar-refractivity contribution < 1.29 is 9.53 Å². The van der Waals surface area contributed by atoms with E-state index in [1.54, 1.807) is 43.8 Å². The number of anilines is 1. The van der Waals surface area contributed by atoms with Gasteiger partial charge in [0.05, 0.1) is 26.1 Å². The van der Waals surface area contributed by atoms with Crippen molar-refractivity contribution in [1.29, 1.82) is 0 Å². The Morgan fingerprint density at radius 3 is 2.26 bits per heavy atom. The predicted octanol–water partition coefficient (Wildman–Crippen LogP) is 1.76. The third kappa shape index (κ3) is 7.66. The van der Waals surface area contributed by atoms with E-state index in [0.29, 0.717) is 31.9 Å². The summed E-state index contributed by atoms with van der Waals surface area (Å²) in [5, 5.41) is 6.27. The third-order valence-electron chi connectivity index (χ3n) is 5.15. The molecule has 0 aliphatic carbocycles. The molecule has 3 aromatic heterocycles. The molecule has 0 aliphatic heterocycles. The summed E-state index contributed by atoms with van der Waals surface area (Å²) in [7, 11) is 0. The number of hydrogen-bond acceptors (Lipinski definition) is 8. The number of esters is 1. The van der Waals surface area contributed by atoms with E-state index in [1.807, 2.05) is 12.1 Å². The minimum atomic E-state index is -0.431. The van der Waals surface area contributed by atoms with Gasteiger partial charge in [0, 0.05) is 56.1 Å². The quantitative estimate of drug-likeness (QED) is 0.357. The van der Waals surface area contributed by atoms with Crippen LogP contribution in [0.2, 0.25) is 0 Å². The van der Waals surface area contributed by atoms with Crippen LogP contribution in [0.25, 0.3) is 0 Å². The molecule has 10 nitrogen and oxygen atoms in total. The Kier molecular flexibility index (Phi) is 9.35. The second-order valence-electron chi connectivity index (χ2n) is 7.81. The van der Waals surface area contributed by atoms with Crippen molar-refractivity contribution in [2.24, 2.45) is 0 Å². The number of carbonyl (C=O) groups excluding carboxylic acids is 1. The van der Waals surface area contributed by atoms with Crippen LogP contribution in [-0.4, -0.2) is 44.8 Å². The minimum Gasteiger partial charge on any atom is -0.466 e. The molecule has 0 bridgehead atoms. The molecule has 10 heteroatoms. The molecule has 0 amide bonds. The van der Waals surface area contributed by atoms with Crippen LogP contribution in [0.3, 0.4) is 0 Å². The highest BCUT2D eigenvalue weighted by atomic mass is 16.5. The number of rotatable bonds is 13. The number of nitrogens with zero attached hydrogens (tertiary/aromatic N) is 4. The van der Waals surface area contributed by atoms with Crippen LogP contribution in [0.4, 0.5) is 5.82 Å². The zero-order valence-corrected chi connectivity index (χ0v) is 19.8. The molecule has 0 radical (unpaired) electrons. The summed E-state index contributed by atoms with van der Waals surface area (Å²) in [5.41, 5.74) is 1.47. The molecular weight excluding hydrogens is 448 g/mol. The lowest BCUT2D eigenvalue weighted by atomic mass is 10.2. The van der Waals surface area contributed by atoms with E-state index in [2.05, 4.69) is 27.2 Å². The monoisotopic (exact) mass is 478 g/mol. The fourth-order valence-electron chi connectivity index (χ4n) is 3.41. The van der Waals surface area contributed by atoms with Gasteiger partial charge in [0.1, 0.15) is 5.82 Å². The Bertz CT molecular complexity index is 1240. The van der Waals surface area contributed by atoms with Gasteiger partial charge in [0.15, 0.2) is 0 Å². The van der Waals surface area contributed by atoms with E-state index in [0.717, 1.165) is 16.8 Å². The maximum atomic E-state index is 13.3. The van der Waals surface area contributed by atoms with Crippen LogP contribution in [0, 0.1) is 0 Å². The molecule has 0 saturated heterocycles. The van der Waals surface area contributed by atoms with Crippen molar-refractivity contribution in [1.82, 2.24) is 24.4 Å². The second kappa shape index (κ2) is 12.9. The average Bonchev–Trinajstić information content (AvgIpc) is 2.85. The lowest BCUT2D eigenvalue weighted by Gasteiger charge is -2.17. The molecule has 3 aromatic rings. The fraction of sp³-hybridized carbons (Fsp3) is 0.320. The van der Waals surface area contributed by atoms with Crippen molar-refractivity contribution in [3.8, 4) is 0 Å². The highest BCUT2D eigenvalue weighted by Crippen LogP contribution is 2.08. The smallest absolute Gasteiger partial charge is 0.333 e. The number of nitrogens with one attached hydrogen (secondary N) is 2. The van der Waals surface area contributed by atoms with Gasteiger partial charge in [-0.25, -0.2) is 4.79 Å². The van der Waals surface area contributed by atoms with Crippen LogP contribution < -0.4 is 21.9 Å². The van der Waals surface area contributed by atoms with Gasteiger partial charge >= 0.3 is 11.7 Å². The zero-order chi connectivity index (χ0) is 25.0. The molecule has 184 valence electrons. The Hall–Kier alpha value is -4.21. The van der Waals surface area contributed by atoms with Crippen molar-refractivity contribution >= 4 is 11.8 Å². The van der Waals surface area contributed by atoms with E-state index in [4.69, 9.17) is 4.74 Å². The first-order valence-corrected chi connectivity index (χ1v) is 11.4. The first kappa shape index (κ1) is 25.4. The van der Waals surface area contributed by atoms with Gasteiger partial charge < -0.3 is 15.4 Å². The fourth-order valence-corrected chi connectivity index (χ4v) is 3.41. The van der Waals surface area contributed by atoms with Gasteiger partial charge in [-0.3, -0.25) is 28.7 Å². The normalized spacial score (nSPS) is 10.5. The lowest BCUT2D eigenvalue weighted by molar-refractivity contribution is -0.142. The summed E-state index contributed by atoms with van der Waals surface area (Å²) < 4.78 is 7.61. The number of ether oxygens (including phenoxy) is 1. The molecule has 0 aromatic carbocycles. The molecule has 0 saturated carbocycles. The second-order valence-corrected chi connectivity index (χ2v) is 7.81. The Balaban J connectivity index is 1.73. The number of pyridine rings is 2. The van der Waals surface area contributed by atoms with E-state index in [-0.39, 0.29) is 25.5 Å². The molecule has 0 aliphatic rings. The molecule has 35 heavy (non-hydrogen) atoms. The standard InChI is InChI=1S/C25H30N6O4/c1-3-35-24(33)9-13-28-19(2)8-12-29-22-14-23(32)31(18-21-7-5-11-27-16-21)25(34)30(22)17-20-6-4-10-26-15-20/h4-7,10-11,14-16,28-29H,2-3,8-9,12-13,17-18H2,1H3. The van der Waals surface area contributed by atoms with Crippen LogP contribution in [0.5, 0.6) is 0 Å². The van der Waals surface area contributed by atoms with E-state index in [1.165, 1.54) is 15.2 Å². The van der Waals surface area contributed by atoms with Gasteiger partial charge in [-0.05, 0) is 30.2 Å². The summed E-state index contributed by atoms with van der Waals surface area (Å²) in [6.07, 6.45) is 7.39. The van der Waals surface area contributed by atoms with Crippen molar-refractivity contribution in [3.63, 3.8) is 0 Å². The summed E-state index contributed by atoms with van der Waals surface area (Å²) in [6, 6.07) is 8.67. The van der Waals surface area contributed by atoms with Crippen molar-refractivity contribution in [2.45, 2.75) is 32.9 Å². The topological polar surface area (TPSA) is 120 Å². The highest BCUT2D eigenvalue weighted by Gasteiger charge is 2.13. The van der Waals surface area contributed by atoms with Gasteiger partial charge in [-0.2, -0.15) is 0 Å². The van der Waals surface area contributed by atoms with E-state index in [9.17, 15) is 14.4 Å². The Labute approximate surface area is 203 Å². The third-order valence-corrected chi connectivity index (χ3v) is 5.15. The van der Waals surface area contributed by atoms with Gasteiger partial charge in [0.25, 0.3) is 5.56 Å². The number of carbonyl (C=O) groups is 1. The number of aromatic nitrogens is 4. The molecule has 0 fully saturated rings. The van der Waals surface area contributed by atoms with E-state index < -0.39 is 11.2 Å². The Morgan fingerprint density at radius 2 is 1.66 bits per heavy atom. The van der Waals surface area contributed by atoms with Crippen LogP contribution in [0.15, 0.2) is 77.0 Å². The van der Waals surface area contributed by atoms with Crippen LogP contribution in [0.1, 0.15) is 30.9 Å². The highest BCUT2D eigenvalue weighted by molar-refractivity contribution is 5.69. The molecule has 3 rings (SSSR count). The molecular formula is C25H30N6O4. The minimum absolute atomic E-state index is 0.125. The average molecular weight is 479 g/mol. The van der Waals surface area contributed by atoms with Crippen LogP contribution in [-0.2, 0) is 22.6 Å². The molecule has 2 N–H and O–H groups in total. The summed E-state index contributed by atoms with van der Waals surface area (Å²) in [4.78, 5) is 45.8. The largest absolute Gasteiger partial charge is 0.466 e. The predicted molar refractivity (Wildman–Crippen MR) is 133 cm³/mol.